The molecule has 136 valence electrons. The number of halogens is 1. The third kappa shape index (κ3) is 4.52. The molecule has 1 aliphatic rings. The Kier molecular flexibility index (Phi) is 6.07. The molecule has 2 aromatic rings. The van der Waals surface area contributed by atoms with Gasteiger partial charge in [0.2, 0.25) is 17.7 Å². The van der Waals surface area contributed by atoms with Crippen LogP contribution in [0, 0.1) is 5.92 Å². The molecule has 26 heavy (non-hydrogen) atoms. The van der Waals surface area contributed by atoms with E-state index >= 15 is 0 Å². The van der Waals surface area contributed by atoms with Crippen molar-refractivity contribution in [2.24, 2.45) is 5.92 Å². The Labute approximate surface area is 157 Å². The van der Waals surface area contributed by atoms with Crippen molar-refractivity contribution in [1.82, 2.24) is 9.88 Å². The number of carbonyl (C=O) groups excluding carboxylic acids is 2. The van der Waals surface area contributed by atoms with Crippen molar-refractivity contribution in [3.8, 4) is 11.6 Å². The van der Waals surface area contributed by atoms with E-state index in [-0.39, 0.29) is 23.6 Å². The molecule has 2 amide bonds. The predicted molar refractivity (Wildman–Crippen MR) is 99.4 cm³/mol. The maximum absolute atomic E-state index is 12.6. The van der Waals surface area contributed by atoms with Gasteiger partial charge in [0.1, 0.15) is 5.88 Å². The number of pyridine rings is 1. The van der Waals surface area contributed by atoms with E-state index < -0.39 is 0 Å². The molecule has 1 aromatic heterocycles. The van der Waals surface area contributed by atoms with E-state index in [4.69, 9.17) is 16.3 Å². The number of nitrogens with zero attached hydrogens (tertiary/aromatic N) is 2. The summed E-state index contributed by atoms with van der Waals surface area (Å²) in [4.78, 5) is 30.1. The lowest BCUT2D eigenvalue weighted by Crippen LogP contribution is -2.42. The smallest absolute Gasteiger partial charge is 0.237 e. The van der Waals surface area contributed by atoms with E-state index in [9.17, 15) is 9.59 Å². The zero-order chi connectivity index (χ0) is 18.4. The first kappa shape index (κ1) is 18.2. The first-order valence-corrected chi connectivity index (χ1v) is 9.03. The van der Waals surface area contributed by atoms with Crippen LogP contribution in [0.15, 0.2) is 48.7 Å². The fourth-order valence-electron chi connectivity index (χ4n) is 2.89. The van der Waals surface area contributed by atoms with E-state index in [1.54, 1.807) is 29.3 Å². The lowest BCUT2D eigenvalue weighted by atomic mass is 9.96. The number of likely N-dealkylation sites (tertiary alicyclic amines) is 1. The van der Waals surface area contributed by atoms with Gasteiger partial charge in [0.15, 0.2) is 5.75 Å². The Morgan fingerprint density at radius 2 is 1.88 bits per heavy atom. The molecule has 1 aliphatic heterocycles. The number of benzene rings is 1. The monoisotopic (exact) mass is 373 g/mol. The molecule has 3 rings (SSSR count). The summed E-state index contributed by atoms with van der Waals surface area (Å²) in [5.41, 5.74) is 0.599. The Hall–Kier alpha value is -2.60. The van der Waals surface area contributed by atoms with Crippen molar-refractivity contribution >= 4 is 29.1 Å². The molecule has 0 spiro atoms. The highest BCUT2D eigenvalue weighted by Crippen LogP contribution is 2.29. The van der Waals surface area contributed by atoms with E-state index in [0.29, 0.717) is 43.2 Å². The third-order valence-corrected chi connectivity index (χ3v) is 4.56. The first-order valence-electron chi connectivity index (χ1n) is 8.50. The molecule has 1 fully saturated rings. The number of hydrogen-bond donors (Lipinski definition) is 1. The predicted octanol–water partition coefficient (Wildman–Crippen LogP) is 3.29. The van der Waals surface area contributed by atoms with Gasteiger partial charge in [-0.05, 0) is 31.0 Å². The van der Waals surface area contributed by atoms with Gasteiger partial charge in [-0.1, -0.05) is 18.2 Å². The molecule has 0 saturated carbocycles. The summed E-state index contributed by atoms with van der Waals surface area (Å²) in [6.07, 6.45) is 2.89. The molecule has 1 N–H and O–H groups in total. The molecule has 0 bridgehead atoms. The summed E-state index contributed by atoms with van der Waals surface area (Å²) < 4.78 is 5.77. The second kappa shape index (κ2) is 8.67. The number of carbonyl (C=O) groups is 2. The summed E-state index contributed by atoms with van der Waals surface area (Å²) in [7, 11) is 0. The minimum absolute atomic E-state index is 0.0188. The molecule has 0 atom stereocenters. The average Bonchev–Trinajstić information content (AvgIpc) is 2.69. The van der Waals surface area contributed by atoms with Crippen LogP contribution in [0.4, 0.5) is 5.69 Å². The number of hydrogen-bond acceptors (Lipinski definition) is 4. The van der Waals surface area contributed by atoms with Crippen LogP contribution < -0.4 is 10.1 Å². The van der Waals surface area contributed by atoms with Gasteiger partial charge in [-0.3, -0.25) is 9.59 Å². The lowest BCUT2D eigenvalue weighted by molar-refractivity contribution is -0.132. The summed E-state index contributed by atoms with van der Waals surface area (Å²) in [5.74, 6) is 0.683. The Bertz CT molecular complexity index is 762. The van der Waals surface area contributed by atoms with Gasteiger partial charge < -0.3 is 15.0 Å². The Balaban J connectivity index is 1.62. The van der Waals surface area contributed by atoms with E-state index in [2.05, 4.69) is 10.3 Å². The Morgan fingerprint density at radius 3 is 2.58 bits per heavy atom. The molecular weight excluding hydrogens is 354 g/mol. The molecule has 1 saturated heterocycles. The van der Waals surface area contributed by atoms with Crippen molar-refractivity contribution in [2.45, 2.75) is 12.8 Å². The SMILES string of the molecule is O=C(Nc1ccccc1Oc1ccccn1)C1CCN(C(=O)CCl)CC1. The van der Waals surface area contributed by atoms with Crippen LogP contribution in [0.3, 0.4) is 0 Å². The molecule has 1 aromatic carbocycles. The number of rotatable bonds is 5. The molecule has 7 heteroatoms. The standard InChI is InChI=1S/C19H20ClN3O3/c20-13-18(24)23-11-8-14(9-12-23)19(25)22-15-5-1-2-6-16(15)26-17-7-3-4-10-21-17/h1-7,10,14H,8-9,11-13H2,(H,22,25). The molecule has 2 heterocycles. The number of para-hydroxylation sites is 2. The highest BCUT2D eigenvalue weighted by atomic mass is 35.5. The number of anilines is 1. The number of aromatic nitrogens is 1. The zero-order valence-corrected chi connectivity index (χ0v) is 15.0. The molecule has 0 unspecified atom stereocenters. The second-order valence-corrected chi connectivity index (χ2v) is 6.31. The number of ether oxygens (including phenoxy) is 1. The topological polar surface area (TPSA) is 71.5 Å². The quantitative estimate of drug-likeness (QED) is 0.816. The number of alkyl halides is 1. The van der Waals surface area contributed by atoms with Crippen LogP contribution in [0.2, 0.25) is 0 Å². The minimum Gasteiger partial charge on any atom is -0.437 e. The van der Waals surface area contributed by atoms with Gasteiger partial charge in [0.05, 0.1) is 5.69 Å². The maximum Gasteiger partial charge on any atom is 0.237 e. The molecule has 6 nitrogen and oxygen atoms in total. The highest BCUT2D eigenvalue weighted by Gasteiger charge is 2.27. The summed E-state index contributed by atoms with van der Waals surface area (Å²) in [6.45, 7) is 1.10. The van der Waals surface area contributed by atoms with Crippen molar-refractivity contribution in [2.75, 3.05) is 24.3 Å². The van der Waals surface area contributed by atoms with E-state index in [0.717, 1.165) is 0 Å². The van der Waals surface area contributed by atoms with Crippen LogP contribution in [-0.4, -0.2) is 40.7 Å². The normalized spacial score (nSPS) is 14.7. The second-order valence-electron chi connectivity index (χ2n) is 6.04. The van der Waals surface area contributed by atoms with Gasteiger partial charge in [0, 0.05) is 31.3 Å². The van der Waals surface area contributed by atoms with Crippen LogP contribution in [0.25, 0.3) is 0 Å². The first-order chi connectivity index (χ1) is 12.7. The van der Waals surface area contributed by atoms with Crippen molar-refractivity contribution in [1.29, 1.82) is 0 Å². The summed E-state index contributed by atoms with van der Waals surface area (Å²) in [5, 5.41) is 2.94. The van der Waals surface area contributed by atoms with Gasteiger partial charge in [-0.2, -0.15) is 0 Å². The van der Waals surface area contributed by atoms with E-state index in [1.165, 1.54) is 0 Å². The van der Waals surface area contributed by atoms with Crippen molar-refractivity contribution < 1.29 is 14.3 Å². The zero-order valence-electron chi connectivity index (χ0n) is 14.2. The van der Waals surface area contributed by atoms with Gasteiger partial charge in [-0.25, -0.2) is 4.98 Å². The number of amides is 2. The highest BCUT2D eigenvalue weighted by molar-refractivity contribution is 6.27. The van der Waals surface area contributed by atoms with Crippen molar-refractivity contribution in [3.05, 3.63) is 48.7 Å². The van der Waals surface area contributed by atoms with Crippen LogP contribution in [0.1, 0.15) is 12.8 Å². The number of nitrogens with one attached hydrogen (secondary N) is 1. The Morgan fingerprint density at radius 1 is 1.15 bits per heavy atom. The minimum atomic E-state index is -0.141. The van der Waals surface area contributed by atoms with Crippen LogP contribution in [0.5, 0.6) is 11.6 Å². The van der Waals surface area contributed by atoms with Gasteiger partial charge in [-0.15, -0.1) is 11.6 Å². The third-order valence-electron chi connectivity index (χ3n) is 4.33. The molecule has 0 radical (unpaired) electrons. The summed E-state index contributed by atoms with van der Waals surface area (Å²) >= 11 is 5.59. The molecular formula is C19H20ClN3O3. The van der Waals surface area contributed by atoms with E-state index in [1.807, 2.05) is 24.3 Å². The van der Waals surface area contributed by atoms with Crippen molar-refractivity contribution in [3.63, 3.8) is 0 Å². The lowest BCUT2D eigenvalue weighted by Gasteiger charge is -2.31. The molecule has 0 aliphatic carbocycles. The van der Waals surface area contributed by atoms with Gasteiger partial charge >= 0.3 is 0 Å². The maximum atomic E-state index is 12.6. The fourth-order valence-corrected chi connectivity index (χ4v) is 3.06. The van der Waals surface area contributed by atoms with Crippen LogP contribution >= 0.6 is 11.6 Å². The van der Waals surface area contributed by atoms with Gasteiger partial charge in [0.25, 0.3) is 0 Å². The summed E-state index contributed by atoms with van der Waals surface area (Å²) in [6, 6.07) is 12.6. The average molecular weight is 374 g/mol. The largest absolute Gasteiger partial charge is 0.437 e. The van der Waals surface area contributed by atoms with Crippen LogP contribution in [-0.2, 0) is 9.59 Å². The number of piperidine rings is 1. The fraction of sp³-hybridized carbons (Fsp3) is 0.316.